The highest BCUT2D eigenvalue weighted by molar-refractivity contribution is 6.30. The number of benzene rings is 1. The lowest BCUT2D eigenvalue weighted by Crippen LogP contribution is -2.32. The molecule has 1 aliphatic carbocycles. The third-order valence-electron chi connectivity index (χ3n) is 3.64. The van der Waals surface area contributed by atoms with Crippen LogP contribution in [0, 0.1) is 6.92 Å². The van der Waals surface area contributed by atoms with E-state index >= 15 is 0 Å². The SMILES string of the molecule is Cc1cnn(CCNC2Cc3ccc(Cl)cc3C2)c1. The van der Waals surface area contributed by atoms with Gasteiger partial charge in [0.1, 0.15) is 0 Å². The van der Waals surface area contributed by atoms with Crippen LogP contribution in [0.2, 0.25) is 5.02 Å². The molecule has 1 aliphatic rings. The van der Waals surface area contributed by atoms with Crippen LogP contribution in [0.1, 0.15) is 16.7 Å². The number of aryl methyl sites for hydroxylation is 1. The Morgan fingerprint density at radius 3 is 3.00 bits per heavy atom. The van der Waals surface area contributed by atoms with Crippen LogP contribution in [0.25, 0.3) is 0 Å². The average Bonchev–Trinajstić information content (AvgIpc) is 2.95. The van der Waals surface area contributed by atoms with Gasteiger partial charge in [-0.15, -0.1) is 0 Å². The Balaban J connectivity index is 1.51. The maximum Gasteiger partial charge on any atom is 0.0534 e. The number of halogens is 1. The second-order valence-electron chi connectivity index (χ2n) is 5.25. The molecule has 1 heterocycles. The van der Waals surface area contributed by atoms with Crippen molar-refractivity contribution < 1.29 is 0 Å². The first kappa shape index (κ1) is 12.7. The second kappa shape index (κ2) is 5.35. The monoisotopic (exact) mass is 275 g/mol. The Kier molecular flexibility index (Phi) is 3.58. The zero-order chi connectivity index (χ0) is 13.2. The fourth-order valence-electron chi connectivity index (χ4n) is 2.70. The van der Waals surface area contributed by atoms with Crippen LogP contribution in [0.4, 0.5) is 0 Å². The van der Waals surface area contributed by atoms with Gasteiger partial charge in [0, 0.05) is 23.8 Å². The summed E-state index contributed by atoms with van der Waals surface area (Å²) in [5, 5.41) is 8.73. The van der Waals surface area contributed by atoms with Gasteiger partial charge >= 0.3 is 0 Å². The van der Waals surface area contributed by atoms with Crippen molar-refractivity contribution in [2.24, 2.45) is 0 Å². The van der Waals surface area contributed by atoms with Crippen molar-refractivity contribution in [3.8, 4) is 0 Å². The van der Waals surface area contributed by atoms with Gasteiger partial charge < -0.3 is 5.32 Å². The van der Waals surface area contributed by atoms with E-state index in [9.17, 15) is 0 Å². The summed E-state index contributed by atoms with van der Waals surface area (Å²) in [5.41, 5.74) is 4.03. The Morgan fingerprint density at radius 2 is 2.21 bits per heavy atom. The molecule has 1 atom stereocenters. The molecule has 0 amide bonds. The third kappa shape index (κ3) is 2.99. The number of aromatic nitrogens is 2. The number of fused-ring (bicyclic) bond motifs is 1. The molecule has 100 valence electrons. The van der Waals surface area contributed by atoms with Crippen molar-refractivity contribution in [3.05, 3.63) is 52.3 Å². The molecule has 0 saturated carbocycles. The van der Waals surface area contributed by atoms with E-state index in [2.05, 4.69) is 35.7 Å². The van der Waals surface area contributed by atoms with Crippen molar-refractivity contribution >= 4 is 11.6 Å². The summed E-state index contributed by atoms with van der Waals surface area (Å²) in [4.78, 5) is 0. The molecule has 1 N–H and O–H groups in total. The van der Waals surface area contributed by atoms with E-state index in [1.165, 1.54) is 16.7 Å². The molecule has 0 bridgehead atoms. The van der Waals surface area contributed by atoms with Crippen LogP contribution in [0.3, 0.4) is 0 Å². The summed E-state index contributed by atoms with van der Waals surface area (Å²) < 4.78 is 1.99. The van der Waals surface area contributed by atoms with Gasteiger partial charge in [-0.1, -0.05) is 17.7 Å². The van der Waals surface area contributed by atoms with Crippen molar-refractivity contribution in [1.29, 1.82) is 0 Å². The molecule has 3 rings (SSSR count). The predicted molar refractivity (Wildman–Crippen MR) is 77.6 cm³/mol. The lowest BCUT2D eigenvalue weighted by atomic mass is 10.1. The maximum absolute atomic E-state index is 6.03. The van der Waals surface area contributed by atoms with Gasteiger partial charge in [-0.3, -0.25) is 4.68 Å². The molecule has 0 spiro atoms. The summed E-state index contributed by atoms with van der Waals surface area (Å²) in [6.07, 6.45) is 6.15. The van der Waals surface area contributed by atoms with Crippen molar-refractivity contribution in [2.75, 3.05) is 6.54 Å². The number of nitrogens with zero attached hydrogens (tertiary/aromatic N) is 2. The zero-order valence-electron chi connectivity index (χ0n) is 11.1. The lowest BCUT2D eigenvalue weighted by molar-refractivity contribution is 0.486. The molecular weight excluding hydrogens is 258 g/mol. The first-order chi connectivity index (χ1) is 9.20. The van der Waals surface area contributed by atoms with Crippen LogP contribution in [0.5, 0.6) is 0 Å². The van der Waals surface area contributed by atoms with E-state index in [1.807, 2.05) is 16.9 Å². The van der Waals surface area contributed by atoms with E-state index in [-0.39, 0.29) is 0 Å². The van der Waals surface area contributed by atoms with E-state index in [1.54, 1.807) is 0 Å². The standard InChI is InChI=1S/C15H18ClN3/c1-11-9-18-19(10-11)5-4-17-15-7-12-2-3-14(16)6-13(12)8-15/h2-3,6,9-10,15,17H,4-5,7-8H2,1H3. The number of nitrogens with one attached hydrogen (secondary N) is 1. The quantitative estimate of drug-likeness (QED) is 0.930. The molecule has 1 aromatic carbocycles. The molecular formula is C15H18ClN3. The van der Waals surface area contributed by atoms with E-state index < -0.39 is 0 Å². The van der Waals surface area contributed by atoms with Gasteiger partial charge in [0.15, 0.2) is 0 Å². The van der Waals surface area contributed by atoms with E-state index in [0.29, 0.717) is 6.04 Å². The van der Waals surface area contributed by atoms with Crippen LogP contribution in [-0.2, 0) is 19.4 Å². The topological polar surface area (TPSA) is 29.9 Å². The Morgan fingerprint density at radius 1 is 1.37 bits per heavy atom. The summed E-state index contributed by atoms with van der Waals surface area (Å²) >= 11 is 6.03. The number of hydrogen-bond donors (Lipinski definition) is 1. The highest BCUT2D eigenvalue weighted by Gasteiger charge is 2.20. The van der Waals surface area contributed by atoms with Crippen LogP contribution in [0.15, 0.2) is 30.6 Å². The molecule has 1 unspecified atom stereocenters. The van der Waals surface area contributed by atoms with Gasteiger partial charge in [0.25, 0.3) is 0 Å². The first-order valence-electron chi connectivity index (χ1n) is 6.70. The molecule has 2 aromatic rings. The molecule has 0 fully saturated rings. The second-order valence-corrected chi connectivity index (χ2v) is 5.69. The van der Waals surface area contributed by atoms with Crippen molar-refractivity contribution in [1.82, 2.24) is 15.1 Å². The molecule has 1 aromatic heterocycles. The van der Waals surface area contributed by atoms with Gasteiger partial charge in [0.2, 0.25) is 0 Å². The predicted octanol–water partition coefficient (Wildman–Crippen LogP) is 2.60. The molecule has 0 aliphatic heterocycles. The number of hydrogen-bond acceptors (Lipinski definition) is 2. The normalized spacial score (nSPS) is 17.7. The van der Waals surface area contributed by atoms with Gasteiger partial charge in [-0.25, -0.2) is 0 Å². The largest absolute Gasteiger partial charge is 0.311 e. The van der Waals surface area contributed by atoms with Crippen LogP contribution < -0.4 is 5.32 Å². The fourth-order valence-corrected chi connectivity index (χ4v) is 2.90. The van der Waals surface area contributed by atoms with Crippen molar-refractivity contribution in [3.63, 3.8) is 0 Å². The molecule has 4 heteroatoms. The summed E-state index contributed by atoms with van der Waals surface area (Å²) in [6, 6.07) is 6.76. The van der Waals surface area contributed by atoms with Crippen LogP contribution in [-0.4, -0.2) is 22.4 Å². The summed E-state index contributed by atoms with van der Waals surface area (Å²) in [7, 11) is 0. The van der Waals surface area contributed by atoms with E-state index in [4.69, 9.17) is 11.6 Å². The van der Waals surface area contributed by atoms with Crippen molar-refractivity contribution in [2.45, 2.75) is 32.4 Å². The van der Waals surface area contributed by atoms with Crippen LogP contribution >= 0.6 is 11.6 Å². The fraction of sp³-hybridized carbons (Fsp3) is 0.400. The third-order valence-corrected chi connectivity index (χ3v) is 3.87. The minimum Gasteiger partial charge on any atom is -0.311 e. The number of rotatable bonds is 4. The first-order valence-corrected chi connectivity index (χ1v) is 7.08. The minimum absolute atomic E-state index is 0.533. The van der Waals surface area contributed by atoms with Gasteiger partial charge in [-0.05, 0) is 48.6 Å². The maximum atomic E-state index is 6.03. The Hall–Kier alpha value is -1.32. The smallest absolute Gasteiger partial charge is 0.0534 e. The highest BCUT2D eigenvalue weighted by atomic mass is 35.5. The van der Waals surface area contributed by atoms with E-state index in [0.717, 1.165) is 31.0 Å². The summed E-state index contributed by atoms with van der Waals surface area (Å²) in [6.45, 7) is 3.93. The molecule has 0 saturated heterocycles. The molecule has 3 nitrogen and oxygen atoms in total. The lowest BCUT2D eigenvalue weighted by Gasteiger charge is -2.11. The minimum atomic E-state index is 0.533. The van der Waals surface area contributed by atoms with Gasteiger partial charge in [0.05, 0.1) is 12.7 Å². The zero-order valence-corrected chi connectivity index (χ0v) is 11.8. The molecule has 19 heavy (non-hydrogen) atoms. The van der Waals surface area contributed by atoms with Gasteiger partial charge in [-0.2, -0.15) is 5.10 Å². The summed E-state index contributed by atoms with van der Waals surface area (Å²) in [5.74, 6) is 0. The highest BCUT2D eigenvalue weighted by Crippen LogP contribution is 2.25. The average molecular weight is 276 g/mol. The Bertz CT molecular complexity index is 577. The Labute approximate surface area is 118 Å². The molecule has 0 radical (unpaired) electrons.